The first-order chi connectivity index (χ1) is 14.9. The van der Waals surface area contributed by atoms with Crippen LogP contribution >= 0.6 is 0 Å². The zero-order valence-electron chi connectivity index (χ0n) is 14.9. The predicted octanol–water partition coefficient (Wildman–Crippen LogP) is 3.50. The molecule has 0 amide bonds. The molecule has 0 fully saturated rings. The van der Waals surface area contributed by atoms with Gasteiger partial charge in [-0.15, -0.1) is 0 Å². The van der Waals surface area contributed by atoms with Gasteiger partial charge in [0.1, 0.15) is 0 Å². The summed E-state index contributed by atoms with van der Waals surface area (Å²) in [6.45, 7) is -2.77. The summed E-state index contributed by atoms with van der Waals surface area (Å²) in [5.41, 5.74) is -5.30. The first kappa shape index (κ1) is 23.1. The van der Waals surface area contributed by atoms with Crippen molar-refractivity contribution in [2.45, 2.75) is 0 Å². The van der Waals surface area contributed by atoms with Crippen molar-refractivity contribution < 1.29 is 48.8 Å². The third-order valence-corrected chi connectivity index (χ3v) is 4.50. The monoisotopic (exact) mass is 467 g/mol. The molecule has 0 spiro atoms. The Morgan fingerprint density at radius 1 is 0.531 bits per heavy atom. The molecule has 0 saturated carbocycles. The molecule has 32 heavy (non-hydrogen) atoms. The van der Waals surface area contributed by atoms with E-state index in [4.69, 9.17) is 0 Å². The summed E-state index contributed by atoms with van der Waals surface area (Å²) < 4.78 is 140. The quantitative estimate of drug-likeness (QED) is 0.147. The van der Waals surface area contributed by atoms with Crippen LogP contribution in [0.1, 0.15) is 0 Å². The Kier molecular flexibility index (Phi) is 5.89. The molecule has 0 radical (unpaired) electrons. The van der Waals surface area contributed by atoms with Crippen LogP contribution in [0.15, 0.2) is 24.3 Å². The lowest BCUT2D eigenvalue weighted by Crippen LogP contribution is -2.58. The fraction of sp³-hybridized carbons (Fsp3) is 0. The molecule has 0 aromatic heterocycles. The Morgan fingerprint density at radius 2 is 0.812 bits per heavy atom. The standard InChI is InChI=1S/C18H4BF10NO2/c20-9-7(10(21)14(25)17(28)13(9)24)19(5-1-3-6(4-2-5)30(31)32)8-11(22)15(26)18(29)16(27)12(8)23/h1-4H. The molecular formula is C18H4BF10NO2. The largest absolute Gasteiger partial charge is 0.269 e. The summed E-state index contributed by atoms with van der Waals surface area (Å²) in [7, 11) is 0. The molecule has 3 aromatic carbocycles. The first-order valence-electron chi connectivity index (χ1n) is 8.17. The van der Waals surface area contributed by atoms with Gasteiger partial charge in [-0.3, -0.25) is 10.1 Å². The highest BCUT2D eigenvalue weighted by atomic mass is 19.2. The van der Waals surface area contributed by atoms with Gasteiger partial charge in [-0.05, 0) is 0 Å². The van der Waals surface area contributed by atoms with Crippen molar-refractivity contribution in [3.63, 3.8) is 0 Å². The third kappa shape index (κ3) is 3.44. The van der Waals surface area contributed by atoms with Crippen molar-refractivity contribution in [1.29, 1.82) is 0 Å². The average molecular weight is 467 g/mol. The van der Waals surface area contributed by atoms with Crippen molar-refractivity contribution >= 4 is 28.8 Å². The van der Waals surface area contributed by atoms with E-state index in [2.05, 4.69) is 0 Å². The molecule has 0 bridgehead atoms. The summed E-state index contributed by atoms with van der Waals surface area (Å²) in [6.07, 6.45) is 0. The van der Waals surface area contributed by atoms with Crippen LogP contribution in [0, 0.1) is 68.3 Å². The topological polar surface area (TPSA) is 43.1 Å². The number of rotatable bonds is 4. The van der Waals surface area contributed by atoms with Gasteiger partial charge in [0, 0.05) is 23.1 Å². The van der Waals surface area contributed by atoms with Crippen LogP contribution in [0.3, 0.4) is 0 Å². The van der Waals surface area contributed by atoms with E-state index in [9.17, 15) is 54.0 Å². The summed E-state index contributed by atoms with van der Waals surface area (Å²) in [4.78, 5) is 9.81. The maximum absolute atomic E-state index is 14.4. The molecule has 0 aliphatic rings. The van der Waals surface area contributed by atoms with E-state index >= 15 is 0 Å². The lowest BCUT2D eigenvalue weighted by Gasteiger charge is -2.19. The number of nitro benzene ring substituents is 1. The van der Waals surface area contributed by atoms with Gasteiger partial charge in [-0.2, -0.15) is 0 Å². The maximum atomic E-state index is 14.4. The van der Waals surface area contributed by atoms with Crippen LogP contribution in [0.4, 0.5) is 49.6 Å². The molecule has 3 aromatic rings. The second-order valence-electron chi connectivity index (χ2n) is 6.25. The highest BCUT2D eigenvalue weighted by molar-refractivity contribution is 6.95. The number of hydrogen-bond donors (Lipinski definition) is 0. The summed E-state index contributed by atoms with van der Waals surface area (Å²) in [5, 5.41) is 10.8. The first-order valence-corrected chi connectivity index (χ1v) is 8.17. The minimum Gasteiger partial charge on any atom is -0.258 e. The molecule has 3 rings (SSSR count). The van der Waals surface area contributed by atoms with Crippen LogP contribution in [0.2, 0.25) is 0 Å². The molecule has 0 aliphatic carbocycles. The predicted molar refractivity (Wildman–Crippen MR) is 90.2 cm³/mol. The number of halogens is 10. The van der Waals surface area contributed by atoms with Crippen LogP contribution in [0.25, 0.3) is 0 Å². The van der Waals surface area contributed by atoms with Crippen LogP contribution in [-0.2, 0) is 0 Å². The summed E-state index contributed by atoms with van der Waals surface area (Å²) in [6, 6.07) is 2.44. The molecule has 0 atom stereocenters. The minimum absolute atomic E-state index is 0.596. The molecule has 14 heteroatoms. The molecule has 0 N–H and O–H groups in total. The van der Waals surface area contributed by atoms with Crippen molar-refractivity contribution in [2.24, 2.45) is 0 Å². The molecule has 166 valence electrons. The van der Waals surface area contributed by atoms with E-state index in [1.54, 1.807) is 0 Å². The molecule has 0 unspecified atom stereocenters. The molecular weight excluding hydrogens is 463 g/mol. The Morgan fingerprint density at radius 3 is 1.09 bits per heavy atom. The van der Waals surface area contributed by atoms with Gasteiger partial charge >= 0.3 is 0 Å². The molecule has 3 nitrogen and oxygen atoms in total. The Balaban J connectivity index is 2.48. The van der Waals surface area contributed by atoms with E-state index < -0.39 is 91.9 Å². The molecule has 0 heterocycles. The van der Waals surface area contributed by atoms with E-state index in [0.717, 1.165) is 0 Å². The summed E-state index contributed by atoms with van der Waals surface area (Å²) in [5.74, 6) is -25.9. The fourth-order valence-electron chi connectivity index (χ4n) is 3.02. The van der Waals surface area contributed by atoms with E-state index in [1.165, 1.54) is 0 Å². The number of benzene rings is 3. The number of non-ortho nitro benzene ring substituents is 1. The van der Waals surface area contributed by atoms with Gasteiger partial charge in [0.25, 0.3) is 12.4 Å². The third-order valence-electron chi connectivity index (χ3n) is 4.50. The van der Waals surface area contributed by atoms with Gasteiger partial charge in [0.05, 0.1) is 4.92 Å². The lowest BCUT2D eigenvalue weighted by atomic mass is 9.36. The Hall–Kier alpha value is -3.58. The fourth-order valence-corrected chi connectivity index (χ4v) is 3.02. The number of nitro groups is 1. The van der Waals surface area contributed by atoms with Crippen LogP contribution in [-0.4, -0.2) is 11.6 Å². The smallest absolute Gasteiger partial charge is 0.258 e. The van der Waals surface area contributed by atoms with Crippen molar-refractivity contribution in [2.75, 3.05) is 0 Å². The highest BCUT2D eigenvalue weighted by Gasteiger charge is 2.40. The summed E-state index contributed by atoms with van der Waals surface area (Å²) >= 11 is 0. The normalized spacial score (nSPS) is 11.1. The Bertz CT molecular complexity index is 1140. The van der Waals surface area contributed by atoms with Crippen molar-refractivity contribution in [3.05, 3.63) is 92.6 Å². The second-order valence-corrected chi connectivity index (χ2v) is 6.25. The average Bonchev–Trinajstić information content (AvgIpc) is 2.78. The van der Waals surface area contributed by atoms with Crippen LogP contribution in [0.5, 0.6) is 0 Å². The van der Waals surface area contributed by atoms with Gasteiger partial charge in [-0.25, -0.2) is 43.9 Å². The SMILES string of the molecule is O=[N+]([O-])c1ccc(B(c2c(F)c(F)c(F)c(F)c2F)c2c(F)c(F)c(F)c(F)c2F)cc1. The number of nitrogens with zero attached hydrogens (tertiary/aromatic N) is 1. The van der Waals surface area contributed by atoms with Gasteiger partial charge in [-0.1, -0.05) is 17.6 Å². The molecule has 0 aliphatic heterocycles. The number of hydrogen-bond acceptors (Lipinski definition) is 2. The molecule has 0 saturated heterocycles. The van der Waals surface area contributed by atoms with Gasteiger partial charge < -0.3 is 0 Å². The minimum atomic E-state index is -2.77. The van der Waals surface area contributed by atoms with Crippen molar-refractivity contribution in [1.82, 2.24) is 0 Å². The van der Waals surface area contributed by atoms with Gasteiger partial charge in [0.15, 0.2) is 58.2 Å². The zero-order chi connectivity index (χ0) is 24.1. The van der Waals surface area contributed by atoms with Gasteiger partial charge in [0.2, 0.25) is 0 Å². The zero-order valence-corrected chi connectivity index (χ0v) is 14.9. The second kappa shape index (κ2) is 8.17. The van der Waals surface area contributed by atoms with Crippen molar-refractivity contribution in [3.8, 4) is 0 Å². The highest BCUT2D eigenvalue weighted by Crippen LogP contribution is 2.21. The lowest BCUT2D eigenvalue weighted by molar-refractivity contribution is -0.384. The maximum Gasteiger partial charge on any atom is 0.269 e. The Labute approximate surface area is 171 Å². The van der Waals surface area contributed by atoms with Crippen LogP contribution < -0.4 is 16.4 Å². The van der Waals surface area contributed by atoms with E-state index in [-0.39, 0.29) is 0 Å². The van der Waals surface area contributed by atoms with E-state index in [1.807, 2.05) is 0 Å². The van der Waals surface area contributed by atoms with E-state index in [0.29, 0.717) is 24.3 Å².